The molecule has 1 aliphatic rings. The van der Waals surface area contributed by atoms with Crippen molar-refractivity contribution in [2.45, 2.75) is 32.1 Å². The Labute approximate surface area is 120 Å². The first-order valence-corrected chi connectivity index (χ1v) is 7.55. The summed E-state index contributed by atoms with van der Waals surface area (Å²) in [7, 11) is 1.90. The fourth-order valence-electron chi connectivity index (χ4n) is 2.97. The van der Waals surface area contributed by atoms with Gasteiger partial charge in [-0.25, -0.2) is 4.98 Å². The standard InChI is InChI=1S/C16H22N4/c1-17-15-13-9-5-6-10-14(13)19-16(20-15)18-11-12-7-3-2-4-8-12/h5-6,9-10,12H,2-4,7-8,11H2,1H3,(H2,17,18,19,20). The van der Waals surface area contributed by atoms with Crippen molar-refractivity contribution >= 4 is 22.7 Å². The van der Waals surface area contributed by atoms with Crippen LogP contribution in [0.3, 0.4) is 0 Å². The molecule has 0 amide bonds. The Hall–Kier alpha value is -1.84. The van der Waals surface area contributed by atoms with Crippen LogP contribution in [0.4, 0.5) is 11.8 Å². The fourth-order valence-corrected chi connectivity index (χ4v) is 2.97. The van der Waals surface area contributed by atoms with Crippen LogP contribution in [-0.4, -0.2) is 23.6 Å². The summed E-state index contributed by atoms with van der Waals surface area (Å²) in [5, 5.41) is 7.64. The zero-order valence-electron chi connectivity index (χ0n) is 12.0. The fraction of sp³-hybridized carbons (Fsp3) is 0.500. The summed E-state index contributed by atoms with van der Waals surface area (Å²) in [6.07, 6.45) is 6.80. The van der Waals surface area contributed by atoms with E-state index in [0.717, 1.165) is 35.1 Å². The average Bonchev–Trinajstić information content (AvgIpc) is 2.53. The first-order valence-electron chi connectivity index (χ1n) is 7.55. The lowest BCUT2D eigenvalue weighted by atomic mass is 9.89. The molecule has 0 aliphatic heterocycles. The van der Waals surface area contributed by atoms with Crippen LogP contribution in [0.25, 0.3) is 10.9 Å². The summed E-state index contributed by atoms with van der Waals surface area (Å²) in [5.41, 5.74) is 0.984. The summed E-state index contributed by atoms with van der Waals surface area (Å²) >= 11 is 0. The van der Waals surface area contributed by atoms with Gasteiger partial charge in [0.15, 0.2) is 0 Å². The molecule has 0 radical (unpaired) electrons. The van der Waals surface area contributed by atoms with Crippen molar-refractivity contribution in [3.05, 3.63) is 24.3 Å². The molecule has 0 unspecified atom stereocenters. The molecule has 1 saturated carbocycles. The molecule has 1 aromatic heterocycles. The van der Waals surface area contributed by atoms with E-state index in [-0.39, 0.29) is 0 Å². The number of aromatic nitrogens is 2. The van der Waals surface area contributed by atoms with Crippen LogP contribution in [-0.2, 0) is 0 Å². The van der Waals surface area contributed by atoms with E-state index in [9.17, 15) is 0 Å². The molecular formula is C16H22N4. The minimum absolute atomic E-state index is 0.735. The average molecular weight is 270 g/mol. The maximum Gasteiger partial charge on any atom is 0.225 e. The van der Waals surface area contributed by atoms with Crippen LogP contribution in [0.1, 0.15) is 32.1 Å². The minimum Gasteiger partial charge on any atom is -0.372 e. The smallest absolute Gasteiger partial charge is 0.225 e. The molecule has 4 nitrogen and oxygen atoms in total. The Kier molecular flexibility index (Phi) is 4.00. The van der Waals surface area contributed by atoms with Crippen molar-refractivity contribution in [1.29, 1.82) is 0 Å². The van der Waals surface area contributed by atoms with Gasteiger partial charge in [0, 0.05) is 19.0 Å². The van der Waals surface area contributed by atoms with Crippen LogP contribution in [0.5, 0.6) is 0 Å². The highest BCUT2D eigenvalue weighted by atomic mass is 15.1. The van der Waals surface area contributed by atoms with Gasteiger partial charge in [-0.05, 0) is 30.9 Å². The van der Waals surface area contributed by atoms with Crippen LogP contribution < -0.4 is 10.6 Å². The minimum atomic E-state index is 0.735. The summed E-state index contributed by atoms with van der Waals surface area (Å²) in [4.78, 5) is 9.18. The predicted octanol–water partition coefficient (Wildman–Crippen LogP) is 3.66. The van der Waals surface area contributed by atoms with Crippen LogP contribution >= 0.6 is 0 Å². The van der Waals surface area contributed by atoms with E-state index < -0.39 is 0 Å². The number of fused-ring (bicyclic) bond motifs is 1. The van der Waals surface area contributed by atoms with Crippen LogP contribution in [0.2, 0.25) is 0 Å². The van der Waals surface area contributed by atoms with Gasteiger partial charge in [-0.3, -0.25) is 0 Å². The highest BCUT2D eigenvalue weighted by molar-refractivity contribution is 5.89. The van der Waals surface area contributed by atoms with Gasteiger partial charge in [-0.1, -0.05) is 31.4 Å². The summed E-state index contributed by atoms with van der Waals surface area (Å²) < 4.78 is 0. The third kappa shape index (κ3) is 2.84. The first-order chi connectivity index (χ1) is 9.86. The molecule has 0 atom stereocenters. The summed E-state index contributed by atoms with van der Waals surface area (Å²) in [5.74, 6) is 2.40. The van der Waals surface area contributed by atoms with Crippen molar-refractivity contribution < 1.29 is 0 Å². The maximum atomic E-state index is 4.61. The lowest BCUT2D eigenvalue weighted by Crippen LogP contribution is -2.18. The lowest BCUT2D eigenvalue weighted by molar-refractivity contribution is 0.373. The SMILES string of the molecule is CNc1nc(NCC2CCCCC2)nc2ccccc12. The molecular weight excluding hydrogens is 248 g/mol. The van der Waals surface area contributed by atoms with Gasteiger partial charge >= 0.3 is 0 Å². The van der Waals surface area contributed by atoms with E-state index in [1.807, 2.05) is 31.3 Å². The Bertz CT molecular complexity index is 576. The molecule has 4 heteroatoms. The number of nitrogens with zero attached hydrogens (tertiary/aromatic N) is 2. The first kappa shape index (κ1) is 13.2. The maximum absolute atomic E-state index is 4.61. The largest absolute Gasteiger partial charge is 0.372 e. The van der Waals surface area contributed by atoms with Crippen LogP contribution in [0, 0.1) is 5.92 Å². The van der Waals surface area contributed by atoms with Crippen molar-refractivity contribution in [2.24, 2.45) is 5.92 Å². The number of benzene rings is 1. The molecule has 1 aliphatic carbocycles. The van der Waals surface area contributed by atoms with Crippen molar-refractivity contribution in [1.82, 2.24) is 9.97 Å². The van der Waals surface area contributed by atoms with Gasteiger partial charge in [0.1, 0.15) is 5.82 Å². The zero-order chi connectivity index (χ0) is 13.8. The normalized spacial score (nSPS) is 16.2. The summed E-state index contributed by atoms with van der Waals surface area (Å²) in [6.45, 7) is 0.988. The van der Waals surface area contributed by atoms with E-state index in [1.54, 1.807) is 0 Å². The quantitative estimate of drug-likeness (QED) is 0.890. The zero-order valence-corrected chi connectivity index (χ0v) is 12.0. The van der Waals surface area contributed by atoms with Crippen molar-refractivity contribution in [3.63, 3.8) is 0 Å². The van der Waals surface area contributed by atoms with Gasteiger partial charge in [0.2, 0.25) is 5.95 Å². The molecule has 0 bridgehead atoms. The molecule has 0 saturated heterocycles. The van der Waals surface area contributed by atoms with E-state index in [0.29, 0.717) is 0 Å². The van der Waals surface area contributed by atoms with E-state index in [1.165, 1.54) is 32.1 Å². The molecule has 0 spiro atoms. The third-order valence-electron chi connectivity index (χ3n) is 4.11. The highest BCUT2D eigenvalue weighted by Gasteiger charge is 2.14. The second-order valence-corrected chi connectivity index (χ2v) is 5.55. The van der Waals surface area contributed by atoms with E-state index in [4.69, 9.17) is 0 Å². The number of rotatable bonds is 4. The predicted molar refractivity (Wildman–Crippen MR) is 84.1 cm³/mol. The Morgan fingerprint density at radius 1 is 1.10 bits per heavy atom. The Morgan fingerprint density at radius 2 is 1.90 bits per heavy atom. The molecule has 3 rings (SSSR count). The topological polar surface area (TPSA) is 49.8 Å². The Balaban J connectivity index is 1.77. The molecule has 20 heavy (non-hydrogen) atoms. The van der Waals surface area contributed by atoms with Crippen LogP contribution in [0.15, 0.2) is 24.3 Å². The molecule has 1 heterocycles. The molecule has 2 N–H and O–H groups in total. The van der Waals surface area contributed by atoms with Crippen molar-refractivity contribution in [2.75, 3.05) is 24.2 Å². The number of para-hydroxylation sites is 1. The van der Waals surface area contributed by atoms with Gasteiger partial charge in [-0.15, -0.1) is 0 Å². The van der Waals surface area contributed by atoms with Crippen molar-refractivity contribution in [3.8, 4) is 0 Å². The molecule has 106 valence electrons. The molecule has 1 aromatic carbocycles. The monoisotopic (exact) mass is 270 g/mol. The van der Waals surface area contributed by atoms with E-state index >= 15 is 0 Å². The number of hydrogen-bond acceptors (Lipinski definition) is 4. The van der Waals surface area contributed by atoms with Gasteiger partial charge in [-0.2, -0.15) is 4.98 Å². The number of nitrogens with one attached hydrogen (secondary N) is 2. The van der Waals surface area contributed by atoms with Gasteiger partial charge in [0.05, 0.1) is 5.52 Å². The lowest BCUT2D eigenvalue weighted by Gasteiger charge is -2.21. The second-order valence-electron chi connectivity index (χ2n) is 5.55. The highest BCUT2D eigenvalue weighted by Crippen LogP contribution is 2.25. The third-order valence-corrected chi connectivity index (χ3v) is 4.11. The summed E-state index contributed by atoms with van der Waals surface area (Å²) in [6, 6.07) is 8.11. The Morgan fingerprint density at radius 3 is 2.70 bits per heavy atom. The molecule has 1 fully saturated rings. The second kappa shape index (κ2) is 6.07. The van der Waals surface area contributed by atoms with Gasteiger partial charge < -0.3 is 10.6 Å². The van der Waals surface area contributed by atoms with Gasteiger partial charge in [0.25, 0.3) is 0 Å². The number of anilines is 2. The molecule has 2 aromatic rings. The number of hydrogen-bond donors (Lipinski definition) is 2. The van der Waals surface area contributed by atoms with E-state index in [2.05, 4.69) is 20.6 Å².